The van der Waals surface area contributed by atoms with E-state index in [1.807, 2.05) is 43.3 Å². The molecular weight excluding hydrogens is 224 g/mol. The zero-order chi connectivity index (χ0) is 13.1. The normalized spacial score (nSPS) is 10.1. The third-order valence-electron chi connectivity index (χ3n) is 2.88. The largest absolute Gasteiger partial charge is 0.504 e. The Morgan fingerprint density at radius 1 is 1.17 bits per heavy atom. The number of benzene rings is 2. The van der Waals surface area contributed by atoms with E-state index in [1.54, 1.807) is 13.2 Å². The Morgan fingerprint density at radius 3 is 2.56 bits per heavy atom. The van der Waals surface area contributed by atoms with Crippen LogP contribution in [0.25, 0.3) is 16.7 Å². The van der Waals surface area contributed by atoms with Gasteiger partial charge in [-0.3, -0.25) is 0 Å². The first kappa shape index (κ1) is 12.2. The average molecular weight is 240 g/mol. The predicted molar refractivity (Wildman–Crippen MR) is 74.8 cm³/mol. The summed E-state index contributed by atoms with van der Waals surface area (Å²) in [5, 5.41) is 9.62. The van der Waals surface area contributed by atoms with Crippen LogP contribution in [-0.4, -0.2) is 12.2 Å². The first-order valence-corrected chi connectivity index (χ1v) is 5.75. The van der Waals surface area contributed by atoms with Gasteiger partial charge in [0, 0.05) is 0 Å². The Hall–Kier alpha value is -2.22. The Kier molecular flexibility index (Phi) is 3.38. The maximum Gasteiger partial charge on any atom is 0.161 e. The highest BCUT2D eigenvalue weighted by molar-refractivity contribution is 5.80. The zero-order valence-electron chi connectivity index (χ0n) is 10.6. The van der Waals surface area contributed by atoms with E-state index < -0.39 is 0 Å². The summed E-state index contributed by atoms with van der Waals surface area (Å²) < 4.78 is 5.14. The highest BCUT2D eigenvalue weighted by Crippen LogP contribution is 2.34. The van der Waals surface area contributed by atoms with Gasteiger partial charge in [0.2, 0.25) is 0 Å². The van der Waals surface area contributed by atoms with Crippen LogP contribution in [0, 0.1) is 0 Å². The first-order chi connectivity index (χ1) is 8.63. The van der Waals surface area contributed by atoms with Gasteiger partial charge in [-0.25, -0.2) is 0 Å². The number of hydrogen-bond donors (Lipinski definition) is 1. The number of phenols is 1. The van der Waals surface area contributed by atoms with Crippen molar-refractivity contribution in [3.63, 3.8) is 0 Å². The number of hydrogen-bond acceptors (Lipinski definition) is 2. The van der Waals surface area contributed by atoms with E-state index in [4.69, 9.17) is 4.74 Å². The number of aromatic hydroxyl groups is 1. The van der Waals surface area contributed by atoms with Crippen molar-refractivity contribution in [3.8, 4) is 22.6 Å². The molecule has 2 aromatic carbocycles. The molecule has 0 atom stereocenters. The molecule has 0 spiro atoms. The highest BCUT2D eigenvalue weighted by Gasteiger charge is 2.08. The second-order valence-corrected chi connectivity index (χ2v) is 4.21. The van der Waals surface area contributed by atoms with Crippen LogP contribution in [0.15, 0.2) is 49.0 Å². The van der Waals surface area contributed by atoms with Gasteiger partial charge in [-0.1, -0.05) is 42.5 Å². The molecular formula is C16H16O2. The van der Waals surface area contributed by atoms with Crippen molar-refractivity contribution >= 4 is 5.57 Å². The molecule has 92 valence electrons. The van der Waals surface area contributed by atoms with Gasteiger partial charge in [0.15, 0.2) is 11.5 Å². The molecule has 0 radical (unpaired) electrons. The molecule has 0 saturated heterocycles. The lowest BCUT2D eigenvalue weighted by Crippen LogP contribution is -1.88. The van der Waals surface area contributed by atoms with Crippen LogP contribution < -0.4 is 4.74 Å². The Labute approximate surface area is 107 Å². The molecule has 0 aliphatic rings. The summed E-state index contributed by atoms with van der Waals surface area (Å²) in [7, 11) is 1.55. The fourth-order valence-electron chi connectivity index (χ4n) is 1.95. The molecule has 0 aliphatic heterocycles. The van der Waals surface area contributed by atoms with E-state index >= 15 is 0 Å². The number of methoxy groups -OCH3 is 1. The van der Waals surface area contributed by atoms with Gasteiger partial charge in [-0.15, -0.1) is 0 Å². The fraction of sp³-hybridized carbons (Fsp3) is 0.125. The number of rotatable bonds is 3. The lowest BCUT2D eigenvalue weighted by molar-refractivity contribution is 0.373. The quantitative estimate of drug-likeness (QED) is 0.875. The molecule has 2 nitrogen and oxygen atoms in total. The van der Waals surface area contributed by atoms with E-state index in [-0.39, 0.29) is 5.75 Å². The van der Waals surface area contributed by atoms with Crippen LogP contribution in [0.4, 0.5) is 0 Å². The van der Waals surface area contributed by atoms with Gasteiger partial charge in [0.1, 0.15) is 0 Å². The molecule has 2 aromatic rings. The molecule has 0 amide bonds. The molecule has 0 unspecified atom stereocenters. The summed E-state index contributed by atoms with van der Waals surface area (Å²) in [5.41, 5.74) is 4.20. The number of allylic oxidation sites excluding steroid dienone is 1. The predicted octanol–water partition coefficient (Wildman–Crippen LogP) is 4.10. The lowest BCUT2D eigenvalue weighted by atomic mass is 9.96. The third-order valence-corrected chi connectivity index (χ3v) is 2.88. The molecule has 0 heterocycles. The van der Waals surface area contributed by atoms with Gasteiger partial charge in [0.05, 0.1) is 7.11 Å². The molecule has 0 aromatic heterocycles. The molecule has 0 bridgehead atoms. The second kappa shape index (κ2) is 4.96. The highest BCUT2D eigenvalue weighted by atomic mass is 16.5. The first-order valence-electron chi connectivity index (χ1n) is 5.75. The van der Waals surface area contributed by atoms with E-state index in [0.717, 1.165) is 22.3 Å². The smallest absolute Gasteiger partial charge is 0.161 e. The van der Waals surface area contributed by atoms with Crippen LogP contribution in [0.2, 0.25) is 0 Å². The molecule has 0 fully saturated rings. The minimum absolute atomic E-state index is 0.147. The van der Waals surface area contributed by atoms with Crippen molar-refractivity contribution < 1.29 is 9.84 Å². The topological polar surface area (TPSA) is 29.5 Å². The van der Waals surface area contributed by atoms with Crippen LogP contribution in [0.3, 0.4) is 0 Å². The summed E-state index contributed by atoms with van der Waals surface area (Å²) in [6.07, 6.45) is 0. The molecule has 0 saturated carbocycles. The van der Waals surface area contributed by atoms with Crippen LogP contribution in [0.5, 0.6) is 11.5 Å². The maximum absolute atomic E-state index is 9.62. The van der Waals surface area contributed by atoms with E-state index in [2.05, 4.69) is 6.58 Å². The fourth-order valence-corrected chi connectivity index (χ4v) is 1.95. The third kappa shape index (κ3) is 2.23. The van der Waals surface area contributed by atoms with Gasteiger partial charge in [-0.05, 0) is 35.7 Å². The molecule has 2 heteroatoms. The second-order valence-electron chi connectivity index (χ2n) is 4.21. The van der Waals surface area contributed by atoms with Gasteiger partial charge in [0.25, 0.3) is 0 Å². The van der Waals surface area contributed by atoms with Crippen LogP contribution in [0.1, 0.15) is 12.5 Å². The summed E-state index contributed by atoms with van der Waals surface area (Å²) in [6, 6.07) is 13.4. The van der Waals surface area contributed by atoms with Crippen molar-refractivity contribution in [2.75, 3.05) is 7.11 Å². The Bertz CT molecular complexity index is 585. The summed E-state index contributed by atoms with van der Waals surface area (Å²) >= 11 is 0. The number of phenolic OH excluding ortho intramolecular Hbond substituents is 1. The SMILES string of the molecule is C=C(C)c1ccccc1-c1ccc(O)c(OC)c1. The van der Waals surface area contributed by atoms with Crippen molar-refractivity contribution in [2.24, 2.45) is 0 Å². The zero-order valence-corrected chi connectivity index (χ0v) is 10.6. The van der Waals surface area contributed by atoms with Crippen molar-refractivity contribution in [1.82, 2.24) is 0 Å². The standard InChI is InChI=1S/C16H16O2/c1-11(2)13-6-4-5-7-14(13)12-8-9-15(17)16(10-12)18-3/h4-10,17H,1H2,2-3H3. The Morgan fingerprint density at radius 2 is 1.89 bits per heavy atom. The lowest BCUT2D eigenvalue weighted by Gasteiger charge is -2.11. The summed E-state index contributed by atoms with van der Waals surface area (Å²) in [6.45, 7) is 5.97. The van der Waals surface area contributed by atoms with Crippen molar-refractivity contribution in [3.05, 3.63) is 54.6 Å². The van der Waals surface area contributed by atoms with Crippen molar-refractivity contribution in [2.45, 2.75) is 6.92 Å². The summed E-state index contributed by atoms with van der Waals surface area (Å²) in [5.74, 6) is 0.623. The van der Waals surface area contributed by atoms with Gasteiger partial charge in [-0.2, -0.15) is 0 Å². The molecule has 2 rings (SSSR count). The minimum atomic E-state index is 0.147. The van der Waals surface area contributed by atoms with Crippen LogP contribution >= 0.6 is 0 Å². The minimum Gasteiger partial charge on any atom is -0.504 e. The summed E-state index contributed by atoms with van der Waals surface area (Å²) in [4.78, 5) is 0. The maximum atomic E-state index is 9.62. The van der Waals surface area contributed by atoms with E-state index in [9.17, 15) is 5.11 Å². The van der Waals surface area contributed by atoms with Crippen LogP contribution in [-0.2, 0) is 0 Å². The molecule has 18 heavy (non-hydrogen) atoms. The van der Waals surface area contributed by atoms with E-state index in [1.165, 1.54) is 0 Å². The van der Waals surface area contributed by atoms with E-state index in [0.29, 0.717) is 5.75 Å². The monoisotopic (exact) mass is 240 g/mol. The Balaban J connectivity index is 2.58. The van der Waals surface area contributed by atoms with Gasteiger partial charge < -0.3 is 9.84 Å². The molecule has 0 aliphatic carbocycles. The molecule has 1 N–H and O–H groups in total. The number of ether oxygens (including phenoxy) is 1. The van der Waals surface area contributed by atoms with Gasteiger partial charge >= 0.3 is 0 Å². The average Bonchev–Trinajstić information content (AvgIpc) is 2.39. The van der Waals surface area contributed by atoms with Crippen molar-refractivity contribution in [1.29, 1.82) is 0 Å².